The summed E-state index contributed by atoms with van der Waals surface area (Å²) in [5, 5.41) is 5.50. The van der Waals surface area contributed by atoms with E-state index < -0.39 is 0 Å². The highest BCUT2D eigenvalue weighted by Crippen LogP contribution is 2.19. The standard InChI is InChI=1S/C15H17N3O2/c1-2-3-4-5-14(19)17-12-6-8-13(9-7-12)18-11-10-16-15(18)20/h2-9H,10-11H2,1H3,(H,16,20)(H,17,19)/b3-2+,5-4+. The molecule has 3 amide bonds. The van der Waals surface area contributed by atoms with Gasteiger partial charge in [-0.1, -0.05) is 18.2 Å². The lowest BCUT2D eigenvalue weighted by molar-refractivity contribution is -0.111. The van der Waals surface area contributed by atoms with Gasteiger partial charge in [0, 0.05) is 30.5 Å². The molecule has 1 fully saturated rings. The van der Waals surface area contributed by atoms with E-state index in [0.29, 0.717) is 18.8 Å². The van der Waals surface area contributed by atoms with E-state index in [4.69, 9.17) is 0 Å². The smallest absolute Gasteiger partial charge is 0.321 e. The predicted octanol–water partition coefficient (Wildman–Crippen LogP) is 2.29. The highest BCUT2D eigenvalue weighted by molar-refractivity contribution is 6.00. The van der Waals surface area contributed by atoms with Crippen LogP contribution in [-0.4, -0.2) is 25.0 Å². The lowest BCUT2D eigenvalue weighted by atomic mass is 10.2. The molecule has 0 saturated carbocycles. The number of hydrogen-bond acceptors (Lipinski definition) is 2. The maximum absolute atomic E-state index is 11.6. The number of allylic oxidation sites excluding steroid dienone is 3. The summed E-state index contributed by atoms with van der Waals surface area (Å²) in [5.41, 5.74) is 1.52. The number of nitrogens with one attached hydrogen (secondary N) is 2. The van der Waals surface area contributed by atoms with Gasteiger partial charge < -0.3 is 10.6 Å². The van der Waals surface area contributed by atoms with Crippen LogP contribution in [0.5, 0.6) is 0 Å². The molecule has 0 unspecified atom stereocenters. The number of carbonyl (C=O) groups excluding carboxylic acids is 2. The van der Waals surface area contributed by atoms with E-state index in [1.807, 2.05) is 25.1 Å². The average molecular weight is 271 g/mol. The molecule has 2 rings (SSSR count). The van der Waals surface area contributed by atoms with Gasteiger partial charge in [0.25, 0.3) is 0 Å². The Morgan fingerprint density at radius 3 is 2.65 bits per heavy atom. The van der Waals surface area contributed by atoms with E-state index in [1.54, 1.807) is 29.2 Å². The summed E-state index contributed by atoms with van der Waals surface area (Å²) >= 11 is 0. The second-order valence-electron chi connectivity index (χ2n) is 4.30. The molecule has 20 heavy (non-hydrogen) atoms. The lowest BCUT2D eigenvalue weighted by Gasteiger charge is -2.14. The van der Waals surface area contributed by atoms with Gasteiger partial charge in [-0.25, -0.2) is 4.79 Å². The van der Waals surface area contributed by atoms with Gasteiger partial charge in [0.05, 0.1) is 0 Å². The summed E-state index contributed by atoms with van der Waals surface area (Å²) in [6.45, 7) is 3.21. The normalized spacial score (nSPS) is 15.1. The molecule has 1 aliphatic heterocycles. The number of rotatable bonds is 4. The summed E-state index contributed by atoms with van der Waals surface area (Å²) in [4.78, 5) is 24.8. The number of anilines is 2. The molecular weight excluding hydrogens is 254 g/mol. The molecule has 5 heteroatoms. The minimum Gasteiger partial charge on any atom is -0.336 e. The van der Waals surface area contributed by atoms with Crippen LogP contribution in [0.3, 0.4) is 0 Å². The Morgan fingerprint density at radius 2 is 2.05 bits per heavy atom. The molecule has 1 heterocycles. The van der Waals surface area contributed by atoms with Crippen molar-refractivity contribution in [2.24, 2.45) is 0 Å². The molecule has 104 valence electrons. The highest BCUT2D eigenvalue weighted by atomic mass is 16.2. The third-order valence-electron chi connectivity index (χ3n) is 2.85. The summed E-state index contributed by atoms with van der Waals surface area (Å²) in [6.07, 6.45) is 6.77. The third kappa shape index (κ3) is 3.47. The van der Waals surface area contributed by atoms with E-state index >= 15 is 0 Å². The Balaban J connectivity index is 1.98. The summed E-state index contributed by atoms with van der Waals surface area (Å²) in [6, 6.07) is 7.10. The second kappa shape index (κ2) is 6.56. The van der Waals surface area contributed by atoms with E-state index in [9.17, 15) is 9.59 Å². The maximum atomic E-state index is 11.6. The molecule has 0 radical (unpaired) electrons. The summed E-state index contributed by atoms with van der Waals surface area (Å²) in [5.74, 6) is -0.185. The van der Waals surface area contributed by atoms with Crippen molar-refractivity contribution >= 4 is 23.3 Å². The quantitative estimate of drug-likeness (QED) is 0.652. The van der Waals surface area contributed by atoms with Gasteiger partial charge in [-0.2, -0.15) is 0 Å². The van der Waals surface area contributed by atoms with E-state index in [0.717, 1.165) is 5.69 Å². The maximum Gasteiger partial charge on any atom is 0.321 e. The molecule has 1 saturated heterocycles. The molecular formula is C15H17N3O2. The molecule has 0 bridgehead atoms. The van der Waals surface area contributed by atoms with Crippen LogP contribution in [0, 0.1) is 0 Å². The Labute approximate surface area is 118 Å². The van der Waals surface area contributed by atoms with Crippen molar-refractivity contribution in [3.8, 4) is 0 Å². The number of carbonyl (C=O) groups is 2. The fourth-order valence-electron chi connectivity index (χ4n) is 1.88. The fraction of sp³-hybridized carbons (Fsp3) is 0.200. The number of benzene rings is 1. The first-order valence-electron chi connectivity index (χ1n) is 6.46. The van der Waals surface area contributed by atoms with Crippen LogP contribution in [0.25, 0.3) is 0 Å². The molecule has 1 aromatic rings. The van der Waals surface area contributed by atoms with Crippen LogP contribution >= 0.6 is 0 Å². The van der Waals surface area contributed by atoms with Gasteiger partial charge >= 0.3 is 6.03 Å². The van der Waals surface area contributed by atoms with Crippen molar-refractivity contribution in [3.63, 3.8) is 0 Å². The first-order chi connectivity index (χ1) is 9.70. The Hall–Kier alpha value is -2.56. The lowest BCUT2D eigenvalue weighted by Crippen LogP contribution is -2.27. The summed E-state index contributed by atoms with van der Waals surface area (Å²) < 4.78 is 0. The van der Waals surface area contributed by atoms with Crippen LogP contribution in [0.2, 0.25) is 0 Å². The SMILES string of the molecule is C/C=C/C=C/C(=O)Nc1ccc(N2CCNC2=O)cc1. The van der Waals surface area contributed by atoms with Crippen LogP contribution in [0.15, 0.2) is 48.6 Å². The monoisotopic (exact) mass is 271 g/mol. The highest BCUT2D eigenvalue weighted by Gasteiger charge is 2.20. The van der Waals surface area contributed by atoms with Crippen LogP contribution in [0.1, 0.15) is 6.92 Å². The van der Waals surface area contributed by atoms with Crippen molar-refractivity contribution in [2.45, 2.75) is 6.92 Å². The van der Waals surface area contributed by atoms with Crippen molar-refractivity contribution in [2.75, 3.05) is 23.3 Å². The number of urea groups is 1. The van der Waals surface area contributed by atoms with Crippen molar-refractivity contribution in [3.05, 3.63) is 48.6 Å². The Kier molecular flexibility index (Phi) is 4.55. The zero-order valence-electron chi connectivity index (χ0n) is 11.3. The van der Waals surface area contributed by atoms with Crippen LogP contribution in [0.4, 0.5) is 16.2 Å². The molecule has 1 aliphatic rings. The van der Waals surface area contributed by atoms with Crippen molar-refractivity contribution < 1.29 is 9.59 Å². The van der Waals surface area contributed by atoms with Crippen LogP contribution in [-0.2, 0) is 4.79 Å². The summed E-state index contributed by atoms with van der Waals surface area (Å²) in [7, 11) is 0. The molecule has 0 aliphatic carbocycles. The van der Waals surface area contributed by atoms with Gasteiger partial charge in [-0.15, -0.1) is 0 Å². The molecule has 0 atom stereocenters. The molecule has 1 aromatic carbocycles. The zero-order chi connectivity index (χ0) is 14.4. The van der Waals surface area contributed by atoms with Crippen LogP contribution < -0.4 is 15.5 Å². The average Bonchev–Trinajstić information content (AvgIpc) is 2.86. The second-order valence-corrected chi connectivity index (χ2v) is 4.30. The van der Waals surface area contributed by atoms with Gasteiger partial charge in [0.2, 0.25) is 5.91 Å². The van der Waals surface area contributed by atoms with Gasteiger partial charge in [-0.3, -0.25) is 9.69 Å². The molecule has 0 aromatic heterocycles. The first kappa shape index (κ1) is 13.9. The van der Waals surface area contributed by atoms with E-state index in [1.165, 1.54) is 6.08 Å². The minimum absolute atomic E-state index is 0.0870. The third-order valence-corrected chi connectivity index (χ3v) is 2.85. The van der Waals surface area contributed by atoms with Gasteiger partial charge in [-0.05, 0) is 31.2 Å². The largest absolute Gasteiger partial charge is 0.336 e. The van der Waals surface area contributed by atoms with E-state index in [-0.39, 0.29) is 11.9 Å². The predicted molar refractivity (Wildman–Crippen MR) is 79.8 cm³/mol. The Morgan fingerprint density at radius 1 is 1.30 bits per heavy atom. The number of nitrogens with zero attached hydrogens (tertiary/aromatic N) is 1. The molecule has 5 nitrogen and oxygen atoms in total. The number of amides is 3. The first-order valence-corrected chi connectivity index (χ1v) is 6.46. The van der Waals surface area contributed by atoms with Gasteiger partial charge in [0.1, 0.15) is 0 Å². The molecule has 0 spiro atoms. The number of hydrogen-bond donors (Lipinski definition) is 2. The van der Waals surface area contributed by atoms with Crippen molar-refractivity contribution in [1.29, 1.82) is 0 Å². The Bertz CT molecular complexity index is 547. The topological polar surface area (TPSA) is 61.4 Å². The van der Waals surface area contributed by atoms with Crippen molar-refractivity contribution in [1.82, 2.24) is 5.32 Å². The molecule has 2 N–H and O–H groups in total. The zero-order valence-corrected chi connectivity index (χ0v) is 11.3. The van der Waals surface area contributed by atoms with Gasteiger partial charge in [0.15, 0.2) is 0 Å². The van der Waals surface area contributed by atoms with E-state index in [2.05, 4.69) is 10.6 Å². The minimum atomic E-state index is -0.185. The fourth-order valence-corrected chi connectivity index (χ4v) is 1.88.